The van der Waals surface area contributed by atoms with Gasteiger partial charge in [0.15, 0.2) is 0 Å². The second-order valence-electron chi connectivity index (χ2n) is 4.16. The normalized spacial score (nSPS) is 20.1. The SMILES string of the molecule is OC[C@H](c1cccnc1)C1CCNCC1. The van der Waals surface area contributed by atoms with Gasteiger partial charge in [-0.05, 0) is 43.5 Å². The molecule has 0 spiro atoms. The summed E-state index contributed by atoms with van der Waals surface area (Å²) in [5.41, 5.74) is 1.17. The van der Waals surface area contributed by atoms with E-state index >= 15 is 0 Å². The molecule has 0 unspecified atom stereocenters. The Balaban J connectivity index is 2.09. The average Bonchev–Trinajstić information content (AvgIpc) is 2.33. The predicted molar refractivity (Wildman–Crippen MR) is 59.7 cm³/mol. The fourth-order valence-corrected chi connectivity index (χ4v) is 2.37. The molecule has 0 amide bonds. The van der Waals surface area contributed by atoms with E-state index in [0.29, 0.717) is 5.92 Å². The third-order valence-corrected chi connectivity index (χ3v) is 3.26. The highest BCUT2D eigenvalue weighted by Crippen LogP contribution is 2.29. The number of pyridine rings is 1. The number of hydrogen-bond acceptors (Lipinski definition) is 3. The summed E-state index contributed by atoms with van der Waals surface area (Å²) in [6, 6.07) is 4.01. The van der Waals surface area contributed by atoms with Crippen molar-refractivity contribution < 1.29 is 5.11 Å². The van der Waals surface area contributed by atoms with E-state index in [1.54, 1.807) is 6.20 Å². The molecule has 1 atom stereocenters. The van der Waals surface area contributed by atoms with Gasteiger partial charge < -0.3 is 10.4 Å². The van der Waals surface area contributed by atoms with Crippen molar-refractivity contribution in [1.82, 2.24) is 10.3 Å². The molecule has 0 aromatic carbocycles. The van der Waals surface area contributed by atoms with Crippen molar-refractivity contribution in [3.8, 4) is 0 Å². The zero-order valence-electron chi connectivity index (χ0n) is 8.89. The number of rotatable bonds is 3. The minimum absolute atomic E-state index is 0.233. The fraction of sp³-hybridized carbons (Fsp3) is 0.583. The molecule has 1 aromatic rings. The van der Waals surface area contributed by atoms with Gasteiger partial charge >= 0.3 is 0 Å². The molecule has 1 saturated heterocycles. The Bertz CT molecular complexity index is 283. The largest absolute Gasteiger partial charge is 0.396 e. The molecule has 2 heterocycles. The van der Waals surface area contributed by atoms with Gasteiger partial charge in [0.1, 0.15) is 0 Å². The maximum atomic E-state index is 9.48. The Morgan fingerprint density at radius 1 is 1.47 bits per heavy atom. The molecule has 0 radical (unpaired) electrons. The van der Waals surface area contributed by atoms with Crippen LogP contribution >= 0.6 is 0 Å². The van der Waals surface area contributed by atoms with Crippen LogP contribution in [0.4, 0.5) is 0 Å². The van der Waals surface area contributed by atoms with Crippen molar-refractivity contribution in [3.63, 3.8) is 0 Å². The zero-order chi connectivity index (χ0) is 10.5. The van der Waals surface area contributed by atoms with Crippen LogP contribution in [0.1, 0.15) is 24.3 Å². The molecule has 3 heteroatoms. The Hall–Kier alpha value is -0.930. The lowest BCUT2D eigenvalue weighted by atomic mass is 9.81. The van der Waals surface area contributed by atoms with E-state index in [9.17, 15) is 5.11 Å². The zero-order valence-corrected chi connectivity index (χ0v) is 8.89. The lowest BCUT2D eigenvalue weighted by Gasteiger charge is -2.29. The van der Waals surface area contributed by atoms with E-state index in [1.165, 1.54) is 5.56 Å². The van der Waals surface area contributed by atoms with Gasteiger partial charge in [0.05, 0.1) is 6.61 Å². The number of piperidine rings is 1. The summed E-state index contributed by atoms with van der Waals surface area (Å²) < 4.78 is 0. The smallest absolute Gasteiger partial charge is 0.0502 e. The molecule has 3 nitrogen and oxygen atoms in total. The van der Waals surface area contributed by atoms with Crippen LogP contribution in [0.2, 0.25) is 0 Å². The third-order valence-electron chi connectivity index (χ3n) is 3.26. The molecule has 1 fully saturated rings. The topological polar surface area (TPSA) is 45.2 Å². The lowest BCUT2D eigenvalue weighted by molar-refractivity contribution is 0.201. The minimum atomic E-state index is 0.233. The van der Waals surface area contributed by atoms with E-state index in [2.05, 4.69) is 16.4 Å². The van der Waals surface area contributed by atoms with Crippen LogP contribution < -0.4 is 5.32 Å². The first-order valence-corrected chi connectivity index (χ1v) is 5.63. The summed E-state index contributed by atoms with van der Waals surface area (Å²) in [6.07, 6.45) is 5.96. The van der Waals surface area contributed by atoms with Crippen LogP contribution in [0.25, 0.3) is 0 Å². The monoisotopic (exact) mass is 206 g/mol. The first-order valence-electron chi connectivity index (χ1n) is 5.63. The first kappa shape index (κ1) is 10.6. The molecule has 1 aliphatic rings. The summed E-state index contributed by atoms with van der Waals surface area (Å²) in [5, 5.41) is 12.8. The maximum Gasteiger partial charge on any atom is 0.0502 e. The molecule has 2 N–H and O–H groups in total. The summed E-state index contributed by atoms with van der Waals surface area (Å²) >= 11 is 0. The lowest BCUT2D eigenvalue weighted by Crippen LogP contribution is -2.32. The number of aromatic nitrogens is 1. The van der Waals surface area contributed by atoms with Gasteiger partial charge in [-0.2, -0.15) is 0 Å². The first-order chi connectivity index (χ1) is 7.42. The number of nitrogens with one attached hydrogen (secondary N) is 1. The molecule has 0 bridgehead atoms. The minimum Gasteiger partial charge on any atom is -0.396 e. The Kier molecular flexibility index (Phi) is 3.69. The van der Waals surface area contributed by atoms with Crippen molar-refractivity contribution >= 4 is 0 Å². The highest BCUT2D eigenvalue weighted by atomic mass is 16.3. The Morgan fingerprint density at radius 2 is 2.27 bits per heavy atom. The maximum absolute atomic E-state index is 9.48. The number of hydrogen-bond donors (Lipinski definition) is 2. The summed E-state index contributed by atoms with van der Waals surface area (Å²) in [7, 11) is 0. The van der Waals surface area contributed by atoms with Crippen molar-refractivity contribution in [2.45, 2.75) is 18.8 Å². The second-order valence-corrected chi connectivity index (χ2v) is 4.16. The average molecular weight is 206 g/mol. The molecule has 0 aliphatic carbocycles. The van der Waals surface area contributed by atoms with Crippen molar-refractivity contribution in [2.24, 2.45) is 5.92 Å². The van der Waals surface area contributed by atoms with Crippen LogP contribution in [0.5, 0.6) is 0 Å². The molecule has 1 aromatic heterocycles. The van der Waals surface area contributed by atoms with E-state index in [4.69, 9.17) is 0 Å². The van der Waals surface area contributed by atoms with Crippen molar-refractivity contribution in [2.75, 3.05) is 19.7 Å². The predicted octanol–water partition coefficient (Wildman–Crippen LogP) is 1.16. The standard InChI is InChI=1S/C12H18N2O/c15-9-12(10-3-6-13-7-4-10)11-2-1-5-14-8-11/h1-2,5,8,10,12-13,15H,3-4,6-7,9H2/t12-/m0/s1. The van der Waals surface area contributed by atoms with E-state index in [-0.39, 0.29) is 12.5 Å². The van der Waals surface area contributed by atoms with E-state index in [0.717, 1.165) is 25.9 Å². The van der Waals surface area contributed by atoms with Gasteiger partial charge in [-0.3, -0.25) is 4.98 Å². The summed E-state index contributed by atoms with van der Waals surface area (Å²) in [5.74, 6) is 0.862. The number of aliphatic hydroxyl groups excluding tert-OH is 1. The molecule has 82 valence electrons. The van der Waals surface area contributed by atoms with E-state index in [1.807, 2.05) is 12.3 Å². The van der Waals surface area contributed by atoms with Crippen LogP contribution in [-0.4, -0.2) is 29.8 Å². The molecule has 0 saturated carbocycles. The Morgan fingerprint density at radius 3 is 2.87 bits per heavy atom. The molecule has 2 rings (SSSR count). The summed E-state index contributed by atoms with van der Waals surface area (Å²) in [4.78, 5) is 4.12. The van der Waals surface area contributed by atoms with Crippen molar-refractivity contribution in [3.05, 3.63) is 30.1 Å². The van der Waals surface area contributed by atoms with Crippen LogP contribution in [0.3, 0.4) is 0 Å². The molecule has 1 aliphatic heterocycles. The molecular weight excluding hydrogens is 188 g/mol. The highest BCUT2D eigenvalue weighted by molar-refractivity contribution is 5.16. The fourth-order valence-electron chi connectivity index (χ4n) is 2.37. The number of aliphatic hydroxyl groups is 1. The van der Waals surface area contributed by atoms with Gasteiger partial charge in [0, 0.05) is 18.3 Å². The highest BCUT2D eigenvalue weighted by Gasteiger charge is 2.24. The third kappa shape index (κ3) is 2.55. The van der Waals surface area contributed by atoms with Crippen LogP contribution in [-0.2, 0) is 0 Å². The van der Waals surface area contributed by atoms with Gasteiger partial charge in [-0.1, -0.05) is 6.07 Å². The molecule has 15 heavy (non-hydrogen) atoms. The van der Waals surface area contributed by atoms with Crippen LogP contribution in [0, 0.1) is 5.92 Å². The van der Waals surface area contributed by atoms with Gasteiger partial charge in [0.2, 0.25) is 0 Å². The summed E-state index contributed by atoms with van der Waals surface area (Å²) in [6.45, 7) is 2.37. The quantitative estimate of drug-likeness (QED) is 0.780. The van der Waals surface area contributed by atoms with Gasteiger partial charge in [-0.25, -0.2) is 0 Å². The van der Waals surface area contributed by atoms with Gasteiger partial charge in [-0.15, -0.1) is 0 Å². The van der Waals surface area contributed by atoms with Crippen LogP contribution in [0.15, 0.2) is 24.5 Å². The second kappa shape index (κ2) is 5.24. The van der Waals surface area contributed by atoms with Crippen molar-refractivity contribution in [1.29, 1.82) is 0 Å². The van der Waals surface area contributed by atoms with Gasteiger partial charge in [0.25, 0.3) is 0 Å². The Labute approximate surface area is 90.5 Å². The number of nitrogens with zero attached hydrogens (tertiary/aromatic N) is 1. The van der Waals surface area contributed by atoms with E-state index < -0.39 is 0 Å². The molecular formula is C12H18N2O.